The van der Waals surface area contributed by atoms with Gasteiger partial charge in [0.15, 0.2) is 0 Å². The number of ether oxygens (including phenoxy) is 3. The minimum absolute atomic E-state index is 0.139. The second-order valence-electron chi connectivity index (χ2n) is 4.11. The number of methoxy groups -OCH3 is 1. The number of hydrogen-bond acceptors (Lipinski definition) is 4. The molecule has 6 nitrogen and oxygen atoms in total. The van der Waals surface area contributed by atoms with Crippen molar-refractivity contribution >= 4 is 7.60 Å². The highest BCUT2D eigenvalue weighted by molar-refractivity contribution is 7.55. The second kappa shape index (κ2) is 3.91. The molecule has 7 heteroatoms. The minimum Gasteiger partial charge on any atom is -0.375 e. The highest BCUT2D eigenvalue weighted by Crippen LogP contribution is 2.45. The molecule has 2 fully saturated rings. The molecule has 2 heterocycles. The third-order valence-electron chi connectivity index (χ3n) is 2.95. The Labute approximate surface area is 93.3 Å². The van der Waals surface area contributed by atoms with Crippen molar-refractivity contribution in [2.24, 2.45) is 0 Å². The van der Waals surface area contributed by atoms with Crippen LogP contribution in [0.5, 0.6) is 0 Å². The third-order valence-corrected chi connectivity index (χ3v) is 3.49. The van der Waals surface area contributed by atoms with Gasteiger partial charge in [-0.1, -0.05) is 0 Å². The summed E-state index contributed by atoms with van der Waals surface area (Å²) in [5.74, 6) is 0.850. The van der Waals surface area contributed by atoms with Gasteiger partial charge in [0.25, 0.3) is 0 Å². The zero-order chi connectivity index (χ0) is 12.0. The smallest absolute Gasteiger partial charge is 0.348 e. The zero-order valence-corrected chi connectivity index (χ0v) is 9.96. The Bertz CT molecular complexity index is 350. The molecule has 2 aliphatic heterocycles. The first-order valence-corrected chi connectivity index (χ1v) is 6.64. The zero-order valence-electron chi connectivity index (χ0n) is 9.07. The summed E-state index contributed by atoms with van der Waals surface area (Å²) in [4.78, 5) is 17.6. The van der Waals surface area contributed by atoms with E-state index in [1.165, 1.54) is 13.2 Å². The molecule has 0 aromatic carbocycles. The fourth-order valence-electron chi connectivity index (χ4n) is 2.31. The molecular formula is C9H15O6P. The van der Waals surface area contributed by atoms with Crippen molar-refractivity contribution in [3.05, 3.63) is 11.9 Å². The summed E-state index contributed by atoms with van der Waals surface area (Å²) in [7, 11) is -2.65. The van der Waals surface area contributed by atoms with Crippen LogP contribution in [0.4, 0.5) is 0 Å². The molecule has 0 amide bonds. The van der Waals surface area contributed by atoms with E-state index < -0.39 is 13.2 Å². The molecule has 2 bridgehead atoms. The highest BCUT2D eigenvalue weighted by Gasteiger charge is 2.59. The summed E-state index contributed by atoms with van der Waals surface area (Å²) in [6.45, 7) is 2.11. The molecule has 0 aromatic rings. The van der Waals surface area contributed by atoms with Gasteiger partial charge in [-0.25, -0.2) is 0 Å². The van der Waals surface area contributed by atoms with Crippen LogP contribution in [0.2, 0.25) is 0 Å². The molecule has 0 radical (unpaired) electrons. The molecule has 0 saturated carbocycles. The Hall–Kier alpha value is -0.230. The fraction of sp³-hybridized carbons (Fsp3) is 0.778. The summed E-state index contributed by atoms with van der Waals surface area (Å²) in [5.41, 5.74) is -0.861. The first-order valence-electron chi connectivity index (χ1n) is 4.96. The van der Waals surface area contributed by atoms with Crippen LogP contribution in [0.3, 0.4) is 0 Å². The SMILES string of the molecule is CO[C@@H]1C2OC[C@]1(/C=C/P(=O)(O)O)O[C@H]2C. The summed E-state index contributed by atoms with van der Waals surface area (Å²) >= 11 is 0. The normalized spacial score (nSPS) is 43.4. The average molecular weight is 250 g/mol. The van der Waals surface area contributed by atoms with Crippen molar-refractivity contribution in [3.8, 4) is 0 Å². The van der Waals surface area contributed by atoms with E-state index in [0.29, 0.717) is 0 Å². The quantitative estimate of drug-likeness (QED) is 0.698. The Morgan fingerprint density at radius 3 is 2.75 bits per heavy atom. The summed E-state index contributed by atoms with van der Waals surface area (Å²) < 4.78 is 27.2. The molecule has 16 heavy (non-hydrogen) atoms. The predicted octanol–water partition coefficient (Wildman–Crippen LogP) is 0.249. The molecule has 2 aliphatic rings. The van der Waals surface area contributed by atoms with Crippen LogP contribution in [0.15, 0.2) is 11.9 Å². The fourth-order valence-corrected chi connectivity index (χ4v) is 2.76. The average Bonchev–Trinajstić information content (AvgIpc) is 2.65. The van der Waals surface area contributed by atoms with Crippen LogP contribution >= 0.6 is 7.60 Å². The maximum absolute atomic E-state index is 10.8. The van der Waals surface area contributed by atoms with Gasteiger partial charge in [0, 0.05) is 12.9 Å². The maximum atomic E-state index is 10.8. The predicted molar refractivity (Wildman–Crippen MR) is 55.0 cm³/mol. The van der Waals surface area contributed by atoms with E-state index in [1.54, 1.807) is 0 Å². The molecule has 4 atom stereocenters. The van der Waals surface area contributed by atoms with Gasteiger partial charge in [-0.2, -0.15) is 0 Å². The van der Waals surface area contributed by atoms with Gasteiger partial charge in [0.05, 0.1) is 12.7 Å². The third kappa shape index (κ3) is 1.97. The molecule has 2 N–H and O–H groups in total. The highest BCUT2D eigenvalue weighted by atomic mass is 31.2. The summed E-state index contributed by atoms with van der Waals surface area (Å²) in [5, 5.41) is 0. The van der Waals surface area contributed by atoms with E-state index in [-0.39, 0.29) is 24.9 Å². The van der Waals surface area contributed by atoms with Crippen LogP contribution in [0.1, 0.15) is 6.92 Å². The minimum atomic E-state index is -4.18. The summed E-state index contributed by atoms with van der Waals surface area (Å²) in [6, 6.07) is 0. The van der Waals surface area contributed by atoms with Crippen LogP contribution in [0.25, 0.3) is 0 Å². The lowest BCUT2D eigenvalue weighted by Gasteiger charge is -2.26. The van der Waals surface area contributed by atoms with Crippen molar-refractivity contribution in [1.82, 2.24) is 0 Å². The molecule has 0 aromatic heterocycles. The molecule has 92 valence electrons. The molecule has 0 aliphatic carbocycles. The lowest BCUT2D eigenvalue weighted by atomic mass is 9.99. The topological polar surface area (TPSA) is 85.2 Å². The van der Waals surface area contributed by atoms with Crippen LogP contribution in [-0.4, -0.2) is 47.4 Å². The van der Waals surface area contributed by atoms with E-state index in [1.807, 2.05) is 6.92 Å². The van der Waals surface area contributed by atoms with Crippen LogP contribution < -0.4 is 0 Å². The lowest BCUT2D eigenvalue weighted by molar-refractivity contribution is -0.116. The van der Waals surface area contributed by atoms with Crippen LogP contribution in [-0.2, 0) is 18.8 Å². The van der Waals surface area contributed by atoms with E-state index in [9.17, 15) is 4.57 Å². The number of hydrogen-bond donors (Lipinski definition) is 2. The van der Waals surface area contributed by atoms with Gasteiger partial charge in [-0.05, 0) is 13.0 Å². The van der Waals surface area contributed by atoms with E-state index in [4.69, 9.17) is 24.0 Å². The van der Waals surface area contributed by atoms with Crippen molar-refractivity contribution in [2.45, 2.75) is 30.8 Å². The van der Waals surface area contributed by atoms with Crippen LogP contribution in [0, 0.1) is 0 Å². The van der Waals surface area contributed by atoms with Gasteiger partial charge in [-0.3, -0.25) is 4.57 Å². The Balaban J connectivity index is 2.24. The van der Waals surface area contributed by atoms with Crippen molar-refractivity contribution in [2.75, 3.05) is 13.7 Å². The molecular weight excluding hydrogens is 235 g/mol. The molecule has 2 saturated heterocycles. The standard InChI is InChI=1S/C9H15O6P/c1-6-7-8(13-2)9(15-6,5-14-7)3-4-16(10,11)12/h3-4,6-8H,5H2,1-2H3,(H2,10,11,12)/b4-3+/t6-,7?,8+,9-/m0/s1. The van der Waals surface area contributed by atoms with E-state index in [2.05, 4.69) is 0 Å². The largest absolute Gasteiger partial charge is 0.375 e. The molecule has 2 rings (SSSR count). The monoisotopic (exact) mass is 250 g/mol. The Kier molecular flexibility index (Phi) is 2.99. The lowest BCUT2D eigenvalue weighted by Crippen LogP contribution is -2.39. The first kappa shape index (κ1) is 12.2. The number of rotatable bonds is 3. The second-order valence-corrected chi connectivity index (χ2v) is 5.59. The Morgan fingerprint density at radius 1 is 1.56 bits per heavy atom. The van der Waals surface area contributed by atoms with Crippen molar-refractivity contribution in [1.29, 1.82) is 0 Å². The summed E-state index contributed by atoms with van der Waals surface area (Å²) in [6.07, 6.45) is 0.739. The maximum Gasteiger partial charge on any atom is 0.348 e. The van der Waals surface area contributed by atoms with Gasteiger partial charge >= 0.3 is 7.60 Å². The van der Waals surface area contributed by atoms with Crippen molar-refractivity contribution in [3.63, 3.8) is 0 Å². The first-order chi connectivity index (χ1) is 7.38. The van der Waals surface area contributed by atoms with Gasteiger partial charge in [0.2, 0.25) is 0 Å². The van der Waals surface area contributed by atoms with Gasteiger partial charge in [0.1, 0.15) is 17.8 Å². The van der Waals surface area contributed by atoms with E-state index >= 15 is 0 Å². The van der Waals surface area contributed by atoms with Gasteiger partial charge in [-0.15, -0.1) is 0 Å². The molecule has 1 unspecified atom stereocenters. The van der Waals surface area contributed by atoms with E-state index in [0.717, 1.165) is 5.82 Å². The Morgan fingerprint density at radius 2 is 2.25 bits per heavy atom. The molecule has 0 spiro atoms. The van der Waals surface area contributed by atoms with Gasteiger partial charge < -0.3 is 24.0 Å². The number of fused-ring (bicyclic) bond motifs is 2. The van der Waals surface area contributed by atoms with Crippen molar-refractivity contribution < 1.29 is 28.6 Å².